The smallest absolute Gasteiger partial charge is 0.387 e. The van der Waals surface area contributed by atoms with Crippen LogP contribution in [0.1, 0.15) is 25.7 Å². The lowest BCUT2D eigenvalue weighted by atomic mass is 9.92. The molecular weight excluding hydrogens is 240 g/mol. The first kappa shape index (κ1) is 13.1. The van der Waals surface area contributed by atoms with Gasteiger partial charge in [-0.2, -0.15) is 8.78 Å². The minimum absolute atomic E-state index is 0.0422. The second kappa shape index (κ2) is 6.00. The van der Waals surface area contributed by atoms with Crippen molar-refractivity contribution >= 4 is 5.69 Å². The van der Waals surface area contributed by atoms with Crippen LogP contribution in [0, 0.1) is 0 Å². The van der Waals surface area contributed by atoms with Gasteiger partial charge in [-0.3, -0.25) is 0 Å². The number of anilines is 1. The van der Waals surface area contributed by atoms with Crippen LogP contribution in [0.2, 0.25) is 0 Å². The first-order valence-corrected chi connectivity index (χ1v) is 6.14. The Morgan fingerprint density at radius 3 is 2.44 bits per heavy atom. The Labute approximate surface area is 105 Å². The third-order valence-electron chi connectivity index (χ3n) is 3.16. The zero-order valence-corrected chi connectivity index (χ0v) is 9.98. The molecule has 0 bridgehead atoms. The highest BCUT2D eigenvalue weighted by molar-refractivity contribution is 5.47. The van der Waals surface area contributed by atoms with E-state index in [2.05, 4.69) is 10.1 Å². The summed E-state index contributed by atoms with van der Waals surface area (Å²) in [4.78, 5) is 0. The van der Waals surface area contributed by atoms with Gasteiger partial charge in [0.15, 0.2) is 0 Å². The van der Waals surface area contributed by atoms with E-state index in [9.17, 15) is 13.9 Å². The molecule has 0 saturated heterocycles. The van der Waals surface area contributed by atoms with E-state index < -0.39 is 6.61 Å². The summed E-state index contributed by atoms with van der Waals surface area (Å²) >= 11 is 0. The molecule has 0 aromatic heterocycles. The Bertz CT molecular complexity index is 370. The van der Waals surface area contributed by atoms with Crippen molar-refractivity contribution in [3.05, 3.63) is 24.3 Å². The fraction of sp³-hybridized carbons (Fsp3) is 0.538. The van der Waals surface area contributed by atoms with E-state index in [4.69, 9.17) is 0 Å². The van der Waals surface area contributed by atoms with Crippen LogP contribution in [0.25, 0.3) is 0 Å². The molecule has 0 aliphatic heterocycles. The zero-order valence-electron chi connectivity index (χ0n) is 9.98. The maximum absolute atomic E-state index is 12.0. The molecule has 1 aromatic rings. The second-order valence-corrected chi connectivity index (χ2v) is 4.51. The molecule has 0 amide bonds. The van der Waals surface area contributed by atoms with Crippen molar-refractivity contribution in [2.24, 2.45) is 0 Å². The third kappa shape index (κ3) is 3.57. The predicted octanol–water partition coefficient (Wildman–Crippen LogP) is 3.00. The Morgan fingerprint density at radius 1 is 1.17 bits per heavy atom. The van der Waals surface area contributed by atoms with E-state index >= 15 is 0 Å². The number of halogens is 2. The molecule has 100 valence electrons. The number of alkyl halides is 2. The number of aliphatic hydroxyl groups is 1. The van der Waals surface area contributed by atoms with Crippen molar-refractivity contribution < 1.29 is 18.6 Å². The summed E-state index contributed by atoms with van der Waals surface area (Å²) in [5.74, 6) is 0.139. The van der Waals surface area contributed by atoms with Crippen molar-refractivity contribution in [2.45, 2.75) is 44.4 Å². The van der Waals surface area contributed by atoms with Gasteiger partial charge in [0.25, 0.3) is 0 Å². The van der Waals surface area contributed by atoms with Gasteiger partial charge in [0.05, 0.1) is 12.1 Å². The van der Waals surface area contributed by atoms with Gasteiger partial charge in [0.1, 0.15) is 5.75 Å². The Hall–Kier alpha value is -1.36. The van der Waals surface area contributed by atoms with Crippen molar-refractivity contribution in [2.75, 3.05) is 5.32 Å². The first-order chi connectivity index (χ1) is 8.65. The average Bonchev–Trinajstić information content (AvgIpc) is 2.34. The lowest BCUT2D eigenvalue weighted by molar-refractivity contribution is -0.0498. The van der Waals surface area contributed by atoms with Gasteiger partial charge < -0.3 is 15.2 Å². The molecule has 3 nitrogen and oxygen atoms in total. The summed E-state index contributed by atoms with van der Waals surface area (Å²) in [6, 6.07) is 6.38. The average molecular weight is 257 g/mol. The summed E-state index contributed by atoms with van der Waals surface area (Å²) < 4.78 is 28.2. The Morgan fingerprint density at radius 2 is 1.83 bits per heavy atom. The van der Waals surface area contributed by atoms with E-state index in [-0.39, 0.29) is 17.9 Å². The van der Waals surface area contributed by atoms with E-state index in [1.165, 1.54) is 12.1 Å². The van der Waals surface area contributed by atoms with Gasteiger partial charge in [-0.05, 0) is 37.1 Å². The van der Waals surface area contributed by atoms with Crippen molar-refractivity contribution in [1.29, 1.82) is 0 Å². The molecule has 2 N–H and O–H groups in total. The van der Waals surface area contributed by atoms with Crippen molar-refractivity contribution in [3.63, 3.8) is 0 Å². The summed E-state index contributed by atoms with van der Waals surface area (Å²) in [7, 11) is 0. The number of nitrogens with one attached hydrogen (secondary N) is 1. The van der Waals surface area contributed by atoms with E-state index in [0.717, 1.165) is 31.4 Å². The molecule has 1 aromatic carbocycles. The van der Waals surface area contributed by atoms with Crippen molar-refractivity contribution in [1.82, 2.24) is 0 Å². The second-order valence-electron chi connectivity index (χ2n) is 4.51. The standard InChI is InChI=1S/C13H17F2NO2/c14-13(15)18-10-7-5-9(6-8-10)16-11-3-1-2-4-12(11)17/h5-8,11-13,16-17H,1-4H2/t11-,12-/m0/s1. The van der Waals surface area contributed by atoms with Crippen LogP contribution in [0.3, 0.4) is 0 Å². The number of rotatable bonds is 4. The highest BCUT2D eigenvalue weighted by Gasteiger charge is 2.22. The normalized spacial score (nSPS) is 24.0. The van der Waals surface area contributed by atoms with Gasteiger partial charge in [-0.25, -0.2) is 0 Å². The largest absolute Gasteiger partial charge is 0.435 e. The molecule has 18 heavy (non-hydrogen) atoms. The van der Waals surface area contributed by atoms with Crippen LogP contribution in [0.5, 0.6) is 5.75 Å². The van der Waals surface area contributed by atoms with Gasteiger partial charge >= 0.3 is 6.61 Å². The number of hydrogen-bond donors (Lipinski definition) is 2. The van der Waals surface area contributed by atoms with Crippen LogP contribution < -0.4 is 10.1 Å². The number of ether oxygens (including phenoxy) is 1. The summed E-state index contributed by atoms with van der Waals surface area (Å²) in [5, 5.41) is 13.0. The zero-order chi connectivity index (χ0) is 13.0. The summed E-state index contributed by atoms with van der Waals surface area (Å²) in [6.07, 6.45) is 3.55. The summed E-state index contributed by atoms with van der Waals surface area (Å²) in [5.41, 5.74) is 0.808. The van der Waals surface area contributed by atoms with Crippen LogP contribution in [-0.4, -0.2) is 23.9 Å². The maximum atomic E-state index is 12.0. The quantitative estimate of drug-likeness (QED) is 0.871. The van der Waals surface area contributed by atoms with Crippen molar-refractivity contribution in [3.8, 4) is 5.75 Å². The van der Waals surface area contributed by atoms with Crippen LogP contribution in [0.4, 0.5) is 14.5 Å². The molecular formula is C13H17F2NO2. The van der Waals surface area contributed by atoms with Gasteiger partial charge in [0, 0.05) is 5.69 Å². The maximum Gasteiger partial charge on any atom is 0.387 e. The molecule has 0 heterocycles. The highest BCUT2D eigenvalue weighted by Crippen LogP contribution is 2.24. The van der Waals surface area contributed by atoms with Gasteiger partial charge in [-0.15, -0.1) is 0 Å². The van der Waals surface area contributed by atoms with Crippen LogP contribution in [0.15, 0.2) is 24.3 Å². The molecule has 1 aliphatic carbocycles. The molecule has 0 radical (unpaired) electrons. The lowest BCUT2D eigenvalue weighted by Gasteiger charge is -2.29. The number of aliphatic hydroxyl groups excluding tert-OH is 1. The first-order valence-electron chi connectivity index (χ1n) is 6.14. The predicted molar refractivity (Wildman–Crippen MR) is 65.0 cm³/mol. The Balaban J connectivity index is 1.93. The number of hydrogen-bond acceptors (Lipinski definition) is 3. The third-order valence-corrected chi connectivity index (χ3v) is 3.16. The van der Waals surface area contributed by atoms with Gasteiger partial charge in [0.2, 0.25) is 0 Å². The fourth-order valence-corrected chi connectivity index (χ4v) is 2.23. The molecule has 1 saturated carbocycles. The monoisotopic (exact) mass is 257 g/mol. The molecule has 0 unspecified atom stereocenters. The molecule has 1 fully saturated rings. The summed E-state index contributed by atoms with van der Waals surface area (Å²) in [6.45, 7) is -2.80. The van der Waals surface area contributed by atoms with E-state index in [1.54, 1.807) is 12.1 Å². The number of benzene rings is 1. The molecule has 1 aliphatic rings. The minimum atomic E-state index is -2.80. The topological polar surface area (TPSA) is 41.5 Å². The molecule has 2 rings (SSSR count). The molecule has 2 atom stereocenters. The van der Waals surface area contributed by atoms with Crippen LogP contribution in [-0.2, 0) is 0 Å². The minimum Gasteiger partial charge on any atom is -0.435 e. The molecule has 0 spiro atoms. The van der Waals surface area contributed by atoms with Crippen LogP contribution >= 0.6 is 0 Å². The van der Waals surface area contributed by atoms with Gasteiger partial charge in [-0.1, -0.05) is 12.8 Å². The van der Waals surface area contributed by atoms with E-state index in [0.29, 0.717) is 0 Å². The highest BCUT2D eigenvalue weighted by atomic mass is 19.3. The van der Waals surface area contributed by atoms with E-state index in [1.807, 2.05) is 0 Å². The SMILES string of the molecule is O[C@H]1CCCC[C@@H]1Nc1ccc(OC(F)F)cc1. The molecule has 5 heteroatoms. The fourth-order valence-electron chi connectivity index (χ4n) is 2.23. The lowest BCUT2D eigenvalue weighted by Crippen LogP contribution is -2.36. The Kier molecular flexibility index (Phi) is 4.36.